The molecule has 0 saturated carbocycles. The van der Waals surface area contributed by atoms with Gasteiger partial charge in [-0.2, -0.15) is 5.26 Å². The monoisotopic (exact) mass is 628 g/mol. The Labute approximate surface area is 262 Å². The normalized spacial score (nSPS) is 15.6. The van der Waals surface area contributed by atoms with Gasteiger partial charge in [0.2, 0.25) is 5.91 Å². The van der Waals surface area contributed by atoms with Crippen molar-refractivity contribution in [2.45, 2.75) is 25.0 Å². The van der Waals surface area contributed by atoms with Crippen LogP contribution in [0.25, 0.3) is 0 Å². The van der Waals surface area contributed by atoms with E-state index in [2.05, 4.69) is 10.3 Å². The molecule has 0 aliphatic carbocycles. The van der Waals surface area contributed by atoms with E-state index >= 15 is 0 Å². The summed E-state index contributed by atoms with van der Waals surface area (Å²) in [5.41, 5.74) is 2.54. The number of hydrogen-bond donors (Lipinski definition) is 1. The molecule has 0 radical (unpaired) electrons. The number of carbonyl (C=O) groups excluding carboxylic acids is 3. The summed E-state index contributed by atoms with van der Waals surface area (Å²) in [5, 5.41) is 13.5. The number of hydrogen-bond acceptors (Lipinski definition) is 8. The topological polar surface area (TPSA) is 112 Å². The summed E-state index contributed by atoms with van der Waals surface area (Å²) in [5.74, 6) is -1.32. The van der Waals surface area contributed by atoms with Gasteiger partial charge in [-0.1, -0.05) is 71.9 Å². The molecular formula is C32H25ClN4O4S2. The lowest BCUT2D eigenvalue weighted by molar-refractivity contribution is -0.117. The Kier molecular flexibility index (Phi) is 9.57. The third-order valence-electron chi connectivity index (χ3n) is 6.50. The number of nitrogens with one attached hydrogen (secondary N) is 1. The minimum absolute atomic E-state index is 0.190. The lowest BCUT2D eigenvalue weighted by Crippen LogP contribution is -2.30. The van der Waals surface area contributed by atoms with Crippen molar-refractivity contribution >= 4 is 63.3 Å². The fourth-order valence-corrected chi connectivity index (χ4v) is 6.78. The van der Waals surface area contributed by atoms with E-state index in [0.717, 1.165) is 27.8 Å². The number of thiazole rings is 1. The molecule has 4 aromatic rings. The van der Waals surface area contributed by atoms with Crippen molar-refractivity contribution in [3.8, 4) is 6.07 Å². The highest BCUT2D eigenvalue weighted by Crippen LogP contribution is 2.42. The summed E-state index contributed by atoms with van der Waals surface area (Å²) in [6, 6.07) is 25.3. The molecule has 1 aromatic heterocycles. The van der Waals surface area contributed by atoms with Crippen LogP contribution in [-0.4, -0.2) is 34.6 Å². The minimum atomic E-state index is -0.656. The molecule has 43 heavy (non-hydrogen) atoms. The number of anilines is 2. The lowest BCUT2D eigenvalue weighted by atomic mass is 10.1. The number of rotatable bonds is 9. The van der Waals surface area contributed by atoms with Gasteiger partial charge in [0.15, 0.2) is 5.13 Å². The molecule has 2 amide bonds. The van der Waals surface area contributed by atoms with Crippen LogP contribution in [0.5, 0.6) is 0 Å². The number of thioether (sulfide) groups is 1. The van der Waals surface area contributed by atoms with Gasteiger partial charge in [-0.05, 0) is 54.8 Å². The quantitative estimate of drug-likeness (QED) is 0.126. The van der Waals surface area contributed by atoms with Gasteiger partial charge >= 0.3 is 5.97 Å². The second-order valence-electron chi connectivity index (χ2n) is 9.38. The number of halogens is 1. The first-order chi connectivity index (χ1) is 20.9. The Morgan fingerprint density at radius 2 is 1.79 bits per heavy atom. The molecule has 1 fully saturated rings. The number of esters is 1. The number of para-hydroxylation sites is 1. The first-order valence-corrected chi connectivity index (χ1v) is 15.4. The molecular weight excluding hydrogens is 604 g/mol. The summed E-state index contributed by atoms with van der Waals surface area (Å²) < 4.78 is 5.04. The van der Waals surface area contributed by atoms with Gasteiger partial charge in [-0.15, -0.1) is 11.3 Å². The molecule has 2 heterocycles. The molecule has 1 unspecified atom stereocenters. The number of nitrogens with zero attached hydrogens (tertiary/aromatic N) is 3. The Morgan fingerprint density at radius 3 is 2.49 bits per heavy atom. The van der Waals surface area contributed by atoms with E-state index in [9.17, 15) is 19.6 Å². The maximum Gasteiger partial charge on any atom is 0.338 e. The molecule has 0 spiro atoms. The number of amides is 2. The standard InChI is InChI=1S/C32H25ClN4O4S2/c1-2-41-31(40)21-14-12-20(13-15-21)16-27-29(39)37(23-9-4-3-5-10-23)30(43-27)25(18-34)28(38)36-32-35-19-24(42-32)17-22-8-6-7-11-26(22)33/h3-15,19,27H,2,16-17H2,1H3,(H,35,36,38)/b30-25-. The molecule has 1 saturated heterocycles. The average Bonchev–Trinajstić information content (AvgIpc) is 3.58. The lowest BCUT2D eigenvalue weighted by Gasteiger charge is -2.18. The first kappa shape index (κ1) is 30.0. The maximum atomic E-state index is 13.7. The molecule has 8 nitrogen and oxygen atoms in total. The SMILES string of the molecule is CCOC(=O)c1ccc(CC2S/C(=C(/C#N)C(=O)Nc3ncc(Cc4ccccc4Cl)s3)N(c3ccccc3)C2=O)cc1. The Morgan fingerprint density at radius 1 is 1.07 bits per heavy atom. The molecule has 0 bridgehead atoms. The van der Waals surface area contributed by atoms with Crippen LogP contribution in [0, 0.1) is 11.3 Å². The maximum absolute atomic E-state index is 13.7. The Balaban J connectivity index is 1.39. The molecule has 5 rings (SSSR count). The van der Waals surface area contributed by atoms with E-state index in [1.165, 1.54) is 16.2 Å². The fraction of sp³-hybridized carbons (Fsp3) is 0.156. The molecule has 11 heteroatoms. The van der Waals surface area contributed by atoms with Crippen molar-refractivity contribution in [2.24, 2.45) is 0 Å². The summed E-state index contributed by atoms with van der Waals surface area (Å²) in [6.07, 6.45) is 2.54. The predicted molar refractivity (Wildman–Crippen MR) is 169 cm³/mol. The van der Waals surface area contributed by atoms with E-state index in [-0.39, 0.29) is 23.1 Å². The number of ether oxygens (including phenoxy) is 1. The van der Waals surface area contributed by atoms with E-state index in [1.807, 2.05) is 36.4 Å². The predicted octanol–water partition coefficient (Wildman–Crippen LogP) is 6.63. The number of benzene rings is 3. The van der Waals surface area contributed by atoms with Gasteiger partial charge in [0.25, 0.3) is 5.91 Å². The number of aromatic nitrogens is 1. The smallest absolute Gasteiger partial charge is 0.338 e. The molecule has 1 aliphatic heterocycles. The van der Waals surface area contributed by atoms with Crippen LogP contribution in [-0.2, 0) is 27.2 Å². The van der Waals surface area contributed by atoms with Crippen molar-refractivity contribution in [3.63, 3.8) is 0 Å². The number of carbonyl (C=O) groups is 3. The van der Waals surface area contributed by atoms with Gasteiger partial charge in [0, 0.05) is 28.2 Å². The summed E-state index contributed by atoms with van der Waals surface area (Å²) in [6.45, 7) is 2.02. The first-order valence-electron chi connectivity index (χ1n) is 13.3. The zero-order chi connectivity index (χ0) is 30.3. The molecule has 1 atom stereocenters. The van der Waals surface area contributed by atoms with Gasteiger partial charge in [-0.25, -0.2) is 9.78 Å². The van der Waals surface area contributed by atoms with Crippen molar-refractivity contribution in [3.05, 3.63) is 122 Å². The van der Waals surface area contributed by atoms with Crippen molar-refractivity contribution in [1.29, 1.82) is 5.26 Å². The Hall–Kier alpha value is -4.43. The third kappa shape index (κ3) is 6.97. The van der Waals surface area contributed by atoms with Crippen LogP contribution in [0.3, 0.4) is 0 Å². The summed E-state index contributed by atoms with van der Waals surface area (Å²) >= 11 is 8.74. The van der Waals surface area contributed by atoms with E-state index < -0.39 is 17.1 Å². The van der Waals surface area contributed by atoms with Crippen LogP contribution in [0.15, 0.2) is 95.7 Å². The molecule has 216 valence electrons. The largest absolute Gasteiger partial charge is 0.462 e. The van der Waals surface area contributed by atoms with Gasteiger partial charge in [0.05, 0.1) is 17.4 Å². The fourth-order valence-electron chi connectivity index (χ4n) is 4.44. The van der Waals surface area contributed by atoms with Crippen LogP contribution < -0.4 is 10.2 Å². The van der Waals surface area contributed by atoms with Gasteiger partial charge in [-0.3, -0.25) is 19.8 Å². The highest BCUT2D eigenvalue weighted by atomic mass is 35.5. The average molecular weight is 629 g/mol. The van der Waals surface area contributed by atoms with E-state index in [4.69, 9.17) is 16.3 Å². The highest BCUT2D eigenvalue weighted by Gasteiger charge is 2.41. The van der Waals surface area contributed by atoms with Crippen molar-refractivity contribution in [2.75, 3.05) is 16.8 Å². The van der Waals surface area contributed by atoms with Crippen molar-refractivity contribution < 1.29 is 19.1 Å². The summed E-state index contributed by atoms with van der Waals surface area (Å²) in [7, 11) is 0. The Bertz CT molecular complexity index is 1730. The second kappa shape index (κ2) is 13.7. The second-order valence-corrected chi connectivity index (χ2v) is 12.1. The number of nitriles is 1. The van der Waals surface area contributed by atoms with Gasteiger partial charge < -0.3 is 4.74 Å². The van der Waals surface area contributed by atoms with E-state index in [1.54, 1.807) is 61.7 Å². The molecule has 1 N–H and O–H groups in total. The van der Waals surface area contributed by atoms with Crippen LogP contribution in [0.2, 0.25) is 5.02 Å². The summed E-state index contributed by atoms with van der Waals surface area (Å²) in [4.78, 5) is 45.8. The minimum Gasteiger partial charge on any atom is -0.462 e. The zero-order valence-corrected chi connectivity index (χ0v) is 25.3. The van der Waals surface area contributed by atoms with Crippen LogP contribution in [0.1, 0.15) is 33.3 Å². The van der Waals surface area contributed by atoms with E-state index in [0.29, 0.717) is 34.2 Å². The highest BCUT2D eigenvalue weighted by molar-refractivity contribution is 8.05. The zero-order valence-electron chi connectivity index (χ0n) is 23.0. The molecule has 3 aromatic carbocycles. The molecule has 1 aliphatic rings. The van der Waals surface area contributed by atoms with Crippen LogP contribution >= 0.6 is 34.7 Å². The van der Waals surface area contributed by atoms with Crippen LogP contribution in [0.4, 0.5) is 10.8 Å². The third-order valence-corrected chi connectivity index (χ3v) is 9.05. The van der Waals surface area contributed by atoms with Crippen molar-refractivity contribution in [1.82, 2.24) is 4.98 Å². The van der Waals surface area contributed by atoms with Gasteiger partial charge in [0.1, 0.15) is 16.7 Å².